The van der Waals surface area contributed by atoms with E-state index < -0.39 is 27.2 Å². The summed E-state index contributed by atoms with van der Waals surface area (Å²) < 4.78 is 26.1. The molecular formula is C16H11ClN2O6S. The van der Waals surface area contributed by atoms with Gasteiger partial charge in [0.1, 0.15) is 5.52 Å². The van der Waals surface area contributed by atoms with Crippen molar-refractivity contribution in [2.75, 3.05) is 0 Å². The van der Waals surface area contributed by atoms with Crippen LogP contribution in [0.5, 0.6) is 0 Å². The predicted molar refractivity (Wildman–Crippen MR) is 93.8 cm³/mol. The third-order valence-corrected chi connectivity index (χ3v) is 5.35. The molecule has 0 radical (unpaired) electrons. The normalized spacial score (nSPS) is 11.5. The molecule has 0 spiro atoms. The van der Waals surface area contributed by atoms with E-state index in [1.165, 1.54) is 42.5 Å². The molecule has 2 aromatic carbocycles. The third-order valence-electron chi connectivity index (χ3n) is 3.44. The number of aromatic nitrogens is 2. The Morgan fingerprint density at radius 3 is 2.35 bits per heavy atom. The van der Waals surface area contributed by atoms with Crippen molar-refractivity contribution in [1.82, 2.24) is 8.70 Å². The molecule has 0 saturated carbocycles. The molecule has 0 bridgehead atoms. The second kappa shape index (κ2) is 6.43. The Labute approximate surface area is 151 Å². The van der Waals surface area contributed by atoms with Crippen LogP contribution in [0.2, 0.25) is 5.02 Å². The number of benzene rings is 2. The van der Waals surface area contributed by atoms with Crippen LogP contribution in [0.3, 0.4) is 0 Å². The first-order valence-electron chi connectivity index (χ1n) is 7.20. The van der Waals surface area contributed by atoms with Gasteiger partial charge >= 0.3 is 11.7 Å². The zero-order valence-corrected chi connectivity index (χ0v) is 14.8. The molecule has 8 nitrogen and oxygen atoms in total. The molecule has 10 heteroatoms. The molecule has 0 fully saturated rings. The van der Waals surface area contributed by atoms with Gasteiger partial charge in [0.15, 0.2) is 0 Å². The van der Waals surface area contributed by atoms with E-state index in [0.717, 1.165) is 6.92 Å². The second-order valence-electron chi connectivity index (χ2n) is 5.21. The SMILES string of the molecule is CC(=O)On1c(=O)n(S(=O)(=O)c2ccccc2)c(=O)c2ccc(Cl)cc21. The molecule has 0 atom stereocenters. The Bertz CT molecular complexity index is 1250. The van der Waals surface area contributed by atoms with Gasteiger partial charge in [0, 0.05) is 11.9 Å². The summed E-state index contributed by atoms with van der Waals surface area (Å²) in [5, 5.41) is 0.00984. The van der Waals surface area contributed by atoms with Crippen molar-refractivity contribution in [2.24, 2.45) is 0 Å². The summed E-state index contributed by atoms with van der Waals surface area (Å²) in [7, 11) is -4.51. The summed E-state index contributed by atoms with van der Waals surface area (Å²) in [5.41, 5.74) is -2.54. The summed E-state index contributed by atoms with van der Waals surface area (Å²) in [4.78, 5) is 41.3. The third kappa shape index (κ3) is 2.91. The Balaban J connectivity index is 2.48. The maximum Gasteiger partial charge on any atom is 0.379 e. The van der Waals surface area contributed by atoms with Gasteiger partial charge in [-0.25, -0.2) is 18.0 Å². The summed E-state index contributed by atoms with van der Waals surface area (Å²) in [6.45, 7) is 1.03. The van der Waals surface area contributed by atoms with E-state index in [4.69, 9.17) is 16.4 Å². The molecule has 1 heterocycles. The van der Waals surface area contributed by atoms with Crippen LogP contribution in [0, 0.1) is 0 Å². The molecule has 0 unspecified atom stereocenters. The number of nitrogens with zero attached hydrogens (tertiary/aromatic N) is 2. The van der Waals surface area contributed by atoms with E-state index in [0.29, 0.717) is 4.73 Å². The average molecular weight is 395 g/mol. The minimum absolute atomic E-state index is 0.0571. The van der Waals surface area contributed by atoms with Crippen LogP contribution in [0.15, 0.2) is 63.0 Å². The Morgan fingerprint density at radius 2 is 1.73 bits per heavy atom. The minimum atomic E-state index is -4.51. The van der Waals surface area contributed by atoms with E-state index in [9.17, 15) is 22.8 Å². The van der Waals surface area contributed by atoms with Gasteiger partial charge in [-0.05, 0) is 30.3 Å². The molecule has 3 aromatic rings. The van der Waals surface area contributed by atoms with E-state index >= 15 is 0 Å². The molecule has 1 aromatic heterocycles. The van der Waals surface area contributed by atoms with Crippen molar-refractivity contribution in [3.63, 3.8) is 0 Å². The van der Waals surface area contributed by atoms with Gasteiger partial charge in [0.2, 0.25) is 0 Å². The maximum atomic E-state index is 12.8. The number of fused-ring (bicyclic) bond motifs is 1. The highest BCUT2D eigenvalue weighted by atomic mass is 35.5. The Kier molecular flexibility index (Phi) is 4.43. The molecule has 0 amide bonds. The van der Waals surface area contributed by atoms with Crippen LogP contribution >= 0.6 is 11.6 Å². The molecule has 3 rings (SSSR count). The van der Waals surface area contributed by atoms with E-state index in [1.54, 1.807) is 6.07 Å². The van der Waals surface area contributed by atoms with Crippen LogP contribution in [0.4, 0.5) is 0 Å². The highest BCUT2D eigenvalue weighted by Gasteiger charge is 2.26. The Morgan fingerprint density at radius 1 is 1.08 bits per heavy atom. The number of halogens is 1. The van der Waals surface area contributed by atoms with Crippen molar-refractivity contribution >= 4 is 38.5 Å². The van der Waals surface area contributed by atoms with Gasteiger partial charge in [-0.2, -0.15) is 0 Å². The van der Waals surface area contributed by atoms with Crippen molar-refractivity contribution in [3.8, 4) is 0 Å². The van der Waals surface area contributed by atoms with E-state index in [1.807, 2.05) is 0 Å². The predicted octanol–water partition coefficient (Wildman–Crippen LogP) is 1.03. The highest BCUT2D eigenvalue weighted by Crippen LogP contribution is 2.16. The van der Waals surface area contributed by atoms with Crippen molar-refractivity contribution in [3.05, 3.63) is 74.4 Å². The molecule has 26 heavy (non-hydrogen) atoms. The molecule has 0 N–H and O–H groups in total. The molecule has 0 aliphatic rings. The lowest BCUT2D eigenvalue weighted by atomic mass is 10.2. The smallest absolute Gasteiger partial charge is 0.332 e. The first-order valence-corrected chi connectivity index (χ1v) is 9.02. The highest BCUT2D eigenvalue weighted by molar-refractivity contribution is 7.90. The second-order valence-corrected chi connectivity index (χ2v) is 7.43. The first-order chi connectivity index (χ1) is 12.2. The van der Waals surface area contributed by atoms with Gasteiger partial charge in [0.05, 0.1) is 10.3 Å². The van der Waals surface area contributed by atoms with Crippen molar-refractivity contribution in [2.45, 2.75) is 11.8 Å². The number of carbonyl (C=O) groups is 1. The van der Waals surface area contributed by atoms with Crippen molar-refractivity contribution in [1.29, 1.82) is 0 Å². The number of rotatable bonds is 3. The van der Waals surface area contributed by atoms with Crippen LogP contribution in [0.25, 0.3) is 10.9 Å². The quantitative estimate of drug-likeness (QED) is 0.657. The molecule has 0 aliphatic carbocycles. The summed E-state index contributed by atoms with van der Waals surface area (Å²) in [6, 6.07) is 10.8. The summed E-state index contributed by atoms with van der Waals surface area (Å²) in [5.74, 6) is -0.879. The monoisotopic (exact) mass is 394 g/mol. The van der Waals surface area contributed by atoms with Gasteiger partial charge in [-0.3, -0.25) is 4.79 Å². The van der Waals surface area contributed by atoms with Crippen LogP contribution in [-0.4, -0.2) is 23.1 Å². The van der Waals surface area contributed by atoms with E-state index in [-0.39, 0.29) is 24.8 Å². The van der Waals surface area contributed by atoms with Gasteiger partial charge in [0.25, 0.3) is 15.6 Å². The topological polar surface area (TPSA) is 104 Å². The lowest BCUT2D eigenvalue weighted by Crippen LogP contribution is -2.46. The standard InChI is InChI=1S/C16H11ClN2O6S/c1-10(20)25-18-14-9-11(17)7-8-13(14)15(21)19(16(18)22)26(23,24)12-5-3-2-4-6-12/h2-9H,1H3. The molecule has 0 saturated heterocycles. The average Bonchev–Trinajstić information content (AvgIpc) is 2.59. The largest absolute Gasteiger partial charge is 0.379 e. The van der Waals surface area contributed by atoms with Crippen LogP contribution in [-0.2, 0) is 14.8 Å². The molecular weight excluding hydrogens is 384 g/mol. The van der Waals surface area contributed by atoms with Gasteiger partial charge in [-0.1, -0.05) is 29.8 Å². The van der Waals surface area contributed by atoms with E-state index in [2.05, 4.69) is 0 Å². The fourth-order valence-corrected chi connectivity index (χ4v) is 3.84. The minimum Gasteiger partial charge on any atom is -0.332 e. The van der Waals surface area contributed by atoms with Gasteiger partial charge in [-0.15, -0.1) is 8.70 Å². The fraction of sp³-hybridized carbons (Fsp3) is 0.0625. The zero-order chi connectivity index (χ0) is 19.1. The molecule has 134 valence electrons. The zero-order valence-electron chi connectivity index (χ0n) is 13.2. The lowest BCUT2D eigenvalue weighted by Gasteiger charge is -2.13. The Hall–Kier alpha value is -2.91. The van der Waals surface area contributed by atoms with Crippen LogP contribution < -0.4 is 16.1 Å². The molecule has 0 aliphatic heterocycles. The fourth-order valence-electron chi connectivity index (χ4n) is 2.36. The lowest BCUT2D eigenvalue weighted by molar-refractivity contribution is -0.141. The number of carbonyl (C=O) groups excluding carboxylic acids is 1. The van der Waals surface area contributed by atoms with Crippen LogP contribution in [0.1, 0.15) is 6.92 Å². The first kappa shape index (κ1) is 17.9. The number of hydrogen-bond acceptors (Lipinski definition) is 6. The summed E-state index contributed by atoms with van der Waals surface area (Å²) in [6.07, 6.45) is 0. The van der Waals surface area contributed by atoms with Gasteiger partial charge < -0.3 is 4.84 Å². The number of hydrogen-bond donors (Lipinski definition) is 0. The summed E-state index contributed by atoms with van der Waals surface area (Å²) >= 11 is 5.87. The maximum absolute atomic E-state index is 12.8. The van der Waals surface area contributed by atoms with Crippen molar-refractivity contribution < 1.29 is 18.0 Å².